The largest absolute Gasteiger partial charge is 0.460 e. The molecule has 0 atom stereocenters. The molecule has 0 aliphatic carbocycles. The van der Waals surface area contributed by atoms with Crippen LogP contribution >= 0.6 is 0 Å². The zero-order chi connectivity index (χ0) is 29.2. The first kappa shape index (κ1) is 37.6. The summed E-state index contributed by atoms with van der Waals surface area (Å²) in [5, 5.41) is 0. The fourth-order valence-electron chi connectivity index (χ4n) is 2.61. The summed E-state index contributed by atoms with van der Waals surface area (Å²) >= 11 is 0. The van der Waals surface area contributed by atoms with Gasteiger partial charge in [0, 0.05) is 0 Å². The van der Waals surface area contributed by atoms with Crippen molar-refractivity contribution in [3.63, 3.8) is 0 Å². The molecule has 0 heterocycles. The van der Waals surface area contributed by atoms with E-state index in [2.05, 4.69) is 0 Å². The topological polar surface area (TPSA) is 126 Å². The molecule has 12 heteroatoms. The Hall–Kier alpha value is -1.38. The predicted molar refractivity (Wildman–Crippen MR) is 143 cm³/mol. The Morgan fingerprint density at radius 2 is 0.641 bits per heavy atom. The Balaban J connectivity index is 3.17. The highest BCUT2D eigenvalue weighted by atomic mass is 16.6. The fourth-order valence-corrected chi connectivity index (χ4v) is 2.61. The average molecular weight is 569 g/mol. The summed E-state index contributed by atoms with van der Waals surface area (Å²) in [7, 11) is 0. The van der Waals surface area contributed by atoms with Gasteiger partial charge in [0.1, 0.15) is 17.8 Å². The van der Waals surface area contributed by atoms with Crippen LogP contribution in [0.1, 0.15) is 48.0 Å². The van der Waals surface area contributed by atoms with Crippen molar-refractivity contribution in [2.24, 2.45) is 0 Å². The summed E-state index contributed by atoms with van der Waals surface area (Å²) in [6.07, 6.45) is 0.229. The van der Waals surface area contributed by atoms with Crippen LogP contribution in [0.25, 0.3) is 0 Å². The van der Waals surface area contributed by atoms with E-state index in [1.807, 2.05) is 41.5 Å². The molecule has 0 bridgehead atoms. The minimum Gasteiger partial charge on any atom is -0.460 e. The highest BCUT2D eigenvalue weighted by molar-refractivity contribution is 5.71. The summed E-state index contributed by atoms with van der Waals surface area (Å²) in [4.78, 5) is 23.0. The van der Waals surface area contributed by atoms with Crippen LogP contribution in [0.4, 0.5) is 0 Å². The Kier molecular flexibility index (Phi) is 23.6. The van der Waals surface area contributed by atoms with Crippen LogP contribution in [0, 0.1) is 0 Å². The number of rotatable bonds is 26. The molecule has 12 nitrogen and oxygen atoms in total. The second-order valence-electron chi connectivity index (χ2n) is 10.3. The monoisotopic (exact) mass is 568 g/mol. The van der Waals surface area contributed by atoms with Gasteiger partial charge < -0.3 is 47.4 Å². The molecule has 0 saturated heterocycles. The summed E-state index contributed by atoms with van der Waals surface area (Å²) in [5.74, 6) is -0.657. The maximum absolute atomic E-state index is 11.5. The molecule has 0 amide bonds. The lowest BCUT2D eigenvalue weighted by molar-refractivity contribution is -0.161. The number of ether oxygens (including phenoxy) is 10. The molecule has 39 heavy (non-hydrogen) atoms. The third-order valence-corrected chi connectivity index (χ3v) is 4.11. The van der Waals surface area contributed by atoms with Crippen molar-refractivity contribution in [1.29, 1.82) is 0 Å². The third kappa shape index (κ3) is 32.7. The van der Waals surface area contributed by atoms with Gasteiger partial charge in [0.05, 0.1) is 106 Å². The van der Waals surface area contributed by atoms with E-state index in [1.54, 1.807) is 0 Å². The Morgan fingerprint density at radius 3 is 0.949 bits per heavy atom. The first-order chi connectivity index (χ1) is 18.5. The molecule has 0 saturated carbocycles. The van der Waals surface area contributed by atoms with Crippen LogP contribution in [-0.2, 0) is 57.0 Å². The van der Waals surface area contributed by atoms with E-state index in [4.69, 9.17) is 47.4 Å². The lowest BCUT2D eigenvalue weighted by atomic mass is 10.2. The van der Waals surface area contributed by atoms with Gasteiger partial charge in [-0.1, -0.05) is 0 Å². The fraction of sp³-hybridized carbons (Fsp3) is 0.926. The molecule has 0 aromatic rings. The van der Waals surface area contributed by atoms with Gasteiger partial charge >= 0.3 is 11.9 Å². The lowest BCUT2D eigenvalue weighted by Crippen LogP contribution is -2.27. The zero-order valence-electron chi connectivity index (χ0n) is 24.9. The van der Waals surface area contributed by atoms with E-state index in [0.29, 0.717) is 99.1 Å². The number of hydrogen-bond donors (Lipinski definition) is 0. The Morgan fingerprint density at radius 1 is 0.385 bits per heavy atom. The highest BCUT2D eigenvalue weighted by Gasteiger charge is 2.16. The van der Waals surface area contributed by atoms with E-state index >= 15 is 0 Å². The molecular formula is C27H52O12. The molecule has 232 valence electrons. The smallest absolute Gasteiger partial charge is 0.332 e. The van der Waals surface area contributed by atoms with Crippen LogP contribution < -0.4 is 0 Å². The molecule has 0 aromatic carbocycles. The van der Waals surface area contributed by atoms with Crippen molar-refractivity contribution in [3.8, 4) is 0 Å². The lowest BCUT2D eigenvalue weighted by Gasteiger charge is -2.19. The Labute approximate surface area is 234 Å². The molecule has 0 aliphatic heterocycles. The number of esters is 2. The Bertz CT molecular complexity index is 536. The van der Waals surface area contributed by atoms with Gasteiger partial charge in [0.2, 0.25) is 0 Å². The summed E-state index contributed by atoms with van der Waals surface area (Å²) < 4.78 is 53.4. The summed E-state index contributed by atoms with van der Waals surface area (Å²) in [6.45, 7) is 17.4. The zero-order valence-corrected chi connectivity index (χ0v) is 24.9. The SMILES string of the molecule is CC(C)(C)OC(=O)CCOCCOCCOCCOCCOCCOCCOCCOCC(=O)OC(C)(C)C. The normalized spacial score (nSPS) is 12.1. The number of carbonyl (C=O) groups is 2. The molecular weight excluding hydrogens is 516 g/mol. The number of hydrogen-bond acceptors (Lipinski definition) is 12. The highest BCUT2D eigenvalue weighted by Crippen LogP contribution is 2.08. The van der Waals surface area contributed by atoms with Gasteiger partial charge in [0.15, 0.2) is 0 Å². The standard InChI is InChI=1S/C27H52O12/c1-26(2,3)38-24(28)7-8-30-9-10-31-11-12-32-13-14-33-15-16-34-17-18-35-19-20-36-21-22-37-23-25(29)39-27(4,5)6/h7-23H2,1-6H3. The first-order valence-corrected chi connectivity index (χ1v) is 13.6. The van der Waals surface area contributed by atoms with Crippen LogP contribution in [0.15, 0.2) is 0 Å². The van der Waals surface area contributed by atoms with Crippen molar-refractivity contribution in [3.05, 3.63) is 0 Å². The molecule has 0 aliphatic rings. The van der Waals surface area contributed by atoms with Crippen molar-refractivity contribution < 1.29 is 57.0 Å². The van der Waals surface area contributed by atoms with Gasteiger partial charge in [-0.05, 0) is 41.5 Å². The van der Waals surface area contributed by atoms with E-state index in [0.717, 1.165) is 0 Å². The summed E-state index contributed by atoms with van der Waals surface area (Å²) in [6, 6.07) is 0. The van der Waals surface area contributed by atoms with E-state index < -0.39 is 11.2 Å². The molecule has 0 spiro atoms. The average Bonchev–Trinajstić information content (AvgIpc) is 2.81. The van der Waals surface area contributed by atoms with Crippen LogP contribution in [0.2, 0.25) is 0 Å². The van der Waals surface area contributed by atoms with Gasteiger partial charge in [-0.15, -0.1) is 0 Å². The first-order valence-electron chi connectivity index (χ1n) is 13.6. The molecule has 0 unspecified atom stereocenters. The summed E-state index contributed by atoms with van der Waals surface area (Å²) in [5.41, 5.74) is -0.985. The second kappa shape index (κ2) is 24.4. The molecule has 0 fully saturated rings. The van der Waals surface area contributed by atoms with Gasteiger partial charge in [-0.3, -0.25) is 4.79 Å². The maximum Gasteiger partial charge on any atom is 0.332 e. The maximum atomic E-state index is 11.5. The molecule has 0 radical (unpaired) electrons. The molecule has 0 N–H and O–H groups in total. The van der Waals surface area contributed by atoms with Crippen LogP contribution in [-0.4, -0.2) is 129 Å². The van der Waals surface area contributed by atoms with E-state index in [-0.39, 0.29) is 25.0 Å². The molecule has 0 aromatic heterocycles. The van der Waals surface area contributed by atoms with Gasteiger partial charge in [-0.2, -0.15) is 0 Å². The number of carbonyl (C=O) groups excluding carboxylic acids is 2. The van der Waals surface area contributed by atoms with E-state index in [1.165, 1.54) is 0 Å². The van der Waals surface area contributed by atoms with E-state index in [9.17, 15) is 9.59 Å². The minimum absolute atomic E-state index is 0.0851. The second-order valence-corrected chi connectivity index (χ2v) is 10.3. The van der Waals surface area contributed by atoms with Crippen LogP contribution in [0.5, 0.6) is 0 Å². The van der Waals surface area contributed by atoms with Gasteiger partial charge in [-0.25, -0.2) is 4.79 Å². The van der Waals surface area contributed by atoms with Crippen molar-refractivity contribution in [2.45, 2.75) is 59.2 Å². The van der Waals surface area contributed by atoms with Crippen molar-refractivity contribution in [1.82, 2.24) is 0 Å². The van der Waals surface area contributed by atoms with Crippen LogP contribution in [0.3, 0.4) is 0 Å². The van der Waals surface area contributed by atoms with Crippen molar-refractivity contribution >= 4 is 11.9 Å². The van der Waals surface area contributed by atoms with Gasteiger partial charge in [0.25, 0.3) is 0 Å². The quantitative estimate of drug-likeness (QED) is 0.112. The van der Waals surface area contributed by atoms with Crippen molar-refractivity contribution in [2.75, 3.05) is 106 Å². The predicted octanol–water partition coefficient (Wildman–Crippen LogP) is 2.19. The minimum atomic E-state index is -0.511. The third-order valence-electron chi connectivity index (χ3n) is 4.11. The molecule has 0 rings (SSSR count).